The van der Waals surface area contributed by atoms with Crippen molar-refractivity contribution in [2.75, 3.05) is 18.2 Å². The first-order valence-electron chi connectivity index (χ1n) is 7.93. The Morgan fingerprint density at radius 2 is 1.71 bits per heavy atom. The molecule has 2 aromatic carbocycles. The second-order valence-corrected chi connectivity index (χ2v) is 8.43. The highest BCUT2D eigenvalue weighted by molar-refractivity contribution is 7.90. The summed E-state index contributed by atoms with van der Waals surface area (Å²) < 4.78 is 23.9. The topological polar surface area (TPSA) is 54.5 Å². The molecule has 0 radical (unpaired) electrons. The van der Waals surface area contributed by atoms with Gasteiger partial charge < -0.3 is 4.90 Å². The molecule has 1 fully saturated rings. The molecule has 3 rings (SSSR count). The summed E-state index contributed by atoms with van der Waals surface area (Å²) in [6.07, 6.45) is 1.98. The molecule has 1 amide bonds. The van der Waals surface area contributed by atoms with E-state index in [1.54, 1.807) is 31.3 Å². The van der Waals surface area contributed by atoms with Gasteiger partial charge in [-0.05, 0) is 42.5 Å². The summed E-state index contributed by atoms with van der Waals surface area (Å²) in [4.78, 5) is 14.5. The molecule has 5 heteroatoms. The highest BCUT2D eigenvalue weighted by Gasteiger charge is 2.46. The van der Waals surface area contributed by atoms with E-state index in [0.29, 0.717) is 5.69 Å². The number of hydrogen-bond donors (Lipinski definition) is 0. The van der Waals surface area contributed by atoms with E-state index in [4.69, 9.17) is 0 Å². The van der Waals surface area contributed by atoms with Gasteiger partial charge in [-0.2, -0.15) is 0 Å². The van der Waals surface area contributed by atoms with Crippen LogP contribution >= 0.6 is 0 Å². The SMILES string of the molecule is Cc1ccccc1[C@@H]1C[C@H]1C(=O)N(C)c1ccccc1S(C)(=O)=O. The zero-order valence-corrected chi connectivity index (χ0v) is 14.9. The Labute approximate surface area is 143 Å². The van der Waals surface area contributed by atoms with Crippen LogP contribution in [0.5, 0.6) is 0 Å². The summed E-state index contributed by atoms with van der Waals surface area (Å²) >= 11 is 0. The molecule has 0 saturated heterocycles. The predicted octanol–water partition coefficient (Wildman–Crippen LogP) is 3.17. The van der Waals surface area contributed by atoms with Crippen LogP contribution in [0.2, 0.25) is 0 Å². The molecule has 1 aliphatic rings. The van der Waals surface area contributed by atoms with Crippen LogP contribution in [0, 0.1) is 12.8 Å². The smallest absolute Gasteiger partial charge is 0.230 e. The molecule has 0 bridgehead atoms. The van der Waals surface area contributed by atoms with Crippen LogP contribution in [-0.4, -0.2) is 27.6 Å². The van der Waals surface area contributed by atoms with Gasteiger partial charge >= 0.3 is 0 Å². The Bertz CT molecular complexity index is 889. The van der Waals surface area contributed by atoms with Crippen LogP contribution in [-0.2, 0) is 14.6 Å². The van der Waals surface area contributed by atoms with Gasteiger partial charge in [0.15, 0.2) is 9.84 Å². The standard InChI is InChI=1S/C19H21NO3S/c1-13-8-4-5-9-14(13)15-12-16(15)19(21)20(2)17-10-6-7-11-18(17)24(3,22)23/h4-11,15-16H,12H2,1-3H3/t15-,16+/m0/s1. The molecule has 0 aromatic heterocycles. The number of sulfone groups is 1. The summed E-state index contributed by atoms with van der Waals surface area (Å²) in [6.45, 7) is 2.05. The number of carbonyl (C=O) groups is 1. The summed E-state index contributed by atoms with van der Waals surface area (Å²) in [5.41, 5.74) is 2.85. The number of para-hydroxylation sites is 1. The molecule has 2 aromatic rings. The lowest BCUT2D eigenvalue weighted by Gasteiger charge is -2.20. The van der Waals surface area contributed by atoms with Gasteiger partial charge in [0.1, 0.15) is 0 Å². The average Bonchev–Trinajstić information content (AvgIpc) is 3.33. The lowest BCUT2D eigenvalue weighted by molar-refractivity contribution is -0.119. The lowest BCUT2D eigenvalue weighted by Crippen LogP contribution is -2.29. The van der Waals surface area contributed by atoms with Crippen LogP contribution in [0.1, 0.15) is 23.5 Å². The number of amides is 1. The summed E-state index contributed by atoms with van der Waals surface area (Å²) in [5.74, 6) is 0.120. The van der Waals surface area contributed by atoms with E-state index in [1.165, 1.54) is 16.0 Å². The maximum atomic E-state index is 12.8. The minimum atomic E-state index is -3.38. The van der Waals surface area contributed by atoms with Crippen LogP contribution < -0.4 is 4.90 Å². The predicted molar refractivity (Wildman–Crippen MR) is 95.0 cm³/mol. The zero-order valence-electron chi connectivity index (χ0n) is 14.1. The molecule has 24 heavy (non-hydrogen) atoms. The van der Waals surface area contributed by atoms with Gasteiger partial charge in [-0.3, -0.25) is 4.79 Å². The van der Waals surface area contributed by atoms with Gasteiger partial charge in [0, 0.05) is 19.2 Å². The van der Waals surface area contributed by atoms with E-state index in [1.807, 2.05) is 12.1 Å². The molecule has 1 saturated carbocycles. The lowest BCUT2D eigenvalue weighted by atomic mass is 10.0. The van der Waals surface area contributed by atoms with Crippen molar-refractivity contribution < 1.29 is 13.2 Å². The first kappa shape index (κ1) is 16.7. The third kappa shape index (κ3) is 3.08. The molecule has 4 nitrogen and oxygen atoms in total. The molecule has 0 aliphatic heterocycles. The van der Waals surface area contributed by atoms with Crippen molar-refractivity contribution in [2.45, 2.75) is 24.2 Å². The zero-order chi connectivity index (χ0) is 17.5. The third-order valence-electron chi connectivity index (χ3n) is 4.65. The largest absolute Gasteiger partial charge is 0.314 e. The number of nitrogens with zero attached hydrogens (tertiary/aromatic N) is 1. The van der Waals surface area contributed by atoms with Crippen LogP contribution in [0.3, 0.4) is 0 Å². The van der Waals surface area contributed by atoms with E-state index in [-0.39, 0.29) is 22.6 Å². The second-order valence-electron chi connectivity index (χ2n) is 6.44. The van der Waals surface area contributed by atoms with Gasteiger partial charge in [-0.25, -0.2) is 8.42 Å². The molecule has 0 spiro atoms. The molecule has 0 N–H and O–H groups in total. The van der Waals surface area contributed by atoms with E-state index in [0.717, 1.165) is 12.7 Å². The fourth-order valence-electron chi connectivity index (χ4n) is 3.23. The average molecular weight is 343 g/mol. The Balaban J connectivity index is 1.84. The first-order valence-corrected chi connectivity index (χ1v) is 9.82. The van der Waals surface area contributed by atoms with Crippen molar-refractivity contribution in [3.05, 3.63) is 59.7 Å². The molecule has 1 aliphatic carbocycles. The number of carbonyl (C=O) groups excluding carboxylic acids is 1. The van der Waals surface area contributed by atoms with Crippen molar-refractivity contribution in [3.8, 4) is 0 Å². The summed E-state index contributed by atoms with van der Waals surface area (Å²) in [7, 11) is -1.73. The molecule has 0 unspecified atom stereocenters. The molecule has 126 valence electrons. The van der Waals surface area contributed by atoms with Gasteiger partial charge in [-0.1, -0.05) is 36.4 Å². The first-order chi connectivity index (χ1) is 11.3. The highest BCUT2D eigenvalue weighted by Crippen LogP contribution is 2.49. The van der Waals surface area contributed by atoms with Gasteiger partial charge in [0.2, 0.25) is 5.91 Å². The number of hydrogen-bond acceptors (Lipinski definition) is 3. The molecular formula is C19H21NO3S. The minimum absolute atomic E-state index is 0.0284. The van der Waals surface area contributed by atoms with Crippen LogP contribution in [0.25, 0.3) is 0 Å². The van der Waals surface area contributed by atoms with Gasteiger partial charge in [0.25, 0.3) is 0 Å². The summed E-state index contributed by atoms with van der Waals surface area (Å²) in [5, 5.41) is 0. The fraction of sp³-hybridized carbons (Fsp3) is 0.316. The fourth-order valence-corrected chi connectivity index (χ4v) is 4.14. The van der Waals surface area contributed by atoms with Crippen molar-refractivity contribution in [1.29, 1.82) is 0 Å². The minimum Gasteiger partial charge on any atom is -0.314 e. The van der Waals surface area contributed by atoms with Crippen molar-refractivity contribution >= 4 is 21.4 Å². The van der Waals surface area contributed by atoms with Crippen molar-refractivity contribution in [1.82, 2.24) is 0 Å². The molecular weight excluding hydrogens is 322 g/mol. The second kappa shape index (κ2) is 6.06. The Morgan fingerprint density at radius 3 is 2.38 bits per heavy atom. The number of anilines is 1. The highest BCUT2D eigenvalue weighted by atomic mass is 32.2. The summed E-state index contributed by atoms with van der Waals surface area (Å²) in [6, 6.07) is 14.7. The van der Waals surface area contributed by atoms with Gasteiger partial charge in [0.05, 0.1) is 10.6 Å². The maximum Gasteiger partial charge on any atom is 0.230 e. The van der Waals surface area contributed by atoms with E-state index < -0.39 is 9.84 Å². The number of benzene rings is 2. The third-order valence-corrected chi connectivity index (χ3v) is 5.80. The van der Waals surface area contributed by atoms with Crippen molar-refractivity contribution in [2.24, 2.45) is 5.92 Å². The molecule has 2 atom stereocenters. The molecule has 0 heterocycles. The number of rotatable bonds is 4. The van der Waals surface area contributed by atoms with E-state index >= 15 is 0 Å². The van der Waals surface area contributed by atoms with E-state index in [2.05, 4.69) is 19.1 Å². The van der Waals surface area contributed by atoms with E-state index in [9.17, 15) is 13.2 Å². The Kier molecular flexibility index (Phi) is 4.22. The van der Waals surface area contributed by atoms with Crippen LogP contribution in [0.4, 0.5) is 5.69 Å². The Morgan fingerprint density at radius 1 is 1.08 bits per heavy atom. The monoisotopic (exact) mass is 343 g/mol. The Hall–Kier alpha value is -2.14. The van der Waals surface area contributed by atoms with Crippen molar-refractivity contribution in [3.63, 3.8) is 0 Å². The van der Waals surface area contributed by atoms with Gasteiger partial charge in [-0.15, -0.1) is 0 Å². The van der Waals surface area contributed by atoms with Crippen LogP contribution in [0.15, 0.2) is 53.4 Å². The number of aryl methyl sites for hydroxylation is 1. The normalized spacial score (nSPS) is 19.8. The quantitative estimate of drug-likeness (QED) is 0.857. The maximum absolute atomic E-state index is 12.8.